The van der Waals surface area contributed by atoms with E-state index in [-0.39, 0.29) is 17.7 Å². The van der Waals surface area contributed by atoms with E-state index in [2.05, 4.69) is 13.8 Å². The Bertz CT molecular complexity index is 707. The monoisotopic (exact) mass is 354 g/mol. The molecule has 0 amide bonds. The van der Waals surface area contributed by atoms with Crippen LogP contribution in [0.3, 0.4) is 0 Å². The van der Waals surface area contributed by atoms with E-state index < -0.39 is 11.9 Å². The molecule has 0 radical (unpaired) electrons. The zero-order valence-electron chi connectivity index (χ0n) is 15.4. The maximum Gasteiger partial charge on any atom is 0.339 e. The Morgan fingerprint density at radius 1 is 0.808 bits per heavy atom. The average Bonchev–Trinajstić information content (AvgIpc) is 2.65. The summed E-state index contributed by atoms with van der Waals surface area (Å²) in [6.07, 6.45) is 2.44. The predicted octanol–water partition coefficient (Wildman–Crippen LogP) is 4.68. The van der Waals surface area contributed by atoms with Crippen LogP contribution >= 0.6 is 0 Å². The van der Waals surface area contributed by atoms with E-state index in [4.69, 9.17) is 9.47 Å². The fourth-order valence-electron chi connectivity index (χ4n) is 2.56. The van der Waals surface area contributed by atoms with Gasteiger partial charge in [0.1, 0.15) is 0 Å². The molecule has 2 aromatic carbocycles. The highest BCUT2D eigenvalue weighted by Gasteiger charge is 2.18. The molecule has 0 N–H and O–H groups in total. The Hall–Kier alpha value is -2.62. The van der Waals surface area contributed by atoms with Crippen molar-refractivity contribution < 1.29 is 19.1 Å². The Morgan fingerprint density at radius 3 is 1.92 bits per heavy atom. The minimum Gasteiger partial charge on any atom is -0.462 e. The molecular weight excluding hydrogens is 328 g/mol. The van der Waals surface area contributed by atoms with Gasteiger partial charge >= 0.3 is 11.9 Å². The van der Waals surface area contributed by atoms with Crippen LogP contribution in [0.25, 0.3) is 0 Å². The molecule has 0 aliphatic rings. The predicted molar refractivity (Wildman–Crippen MR) is 101 cm³/mol. The topological polar surface area (TPSA) is 52.6 Å². The van der Waals surface area contributed by atoms with Crippen LogP contribution in [0.15, 0.2) is 54.6 Å². The molecule has 0 aliphatic carbocycles. The van der Waals surface area contributed by atoms with E-state index >= 15 is 0 Å². The second kappa shape index (κ2) is 10.4. The van der Waals surface area contributed by atoms with Gasteiger partial charge in [0.05, 0.1) is 24.3 Å². The molecule has 2 aromatic rings. The zero-order valence-corrected chi connectivity index (χ0v) is 15.4. The molecule has 138 valence electrons. The van der Waals surface area contributed by atoms with Gasteiger partial charge in [0.15, 0.2) is 0 Å². The number of carbonyl (C=O) groups excluding carboxylic acids is 2. The maximum atomic E-state index is 12.3. The van der Waals surface area contributed by atoms with Crippen molar-refractivity contribution in [3.05, 3.63) is 71.3 Å². The highest BCUT2D eigenvalue weighted by atomic mass is 16.5. The number of benzene rings is 2. The molecule has 2 rings (SSSR count). The largest absolute Gasteiger partial charge is 0.462 e. The minimum absolute atomic E-state index is 0.245. The summed E-state index contributed by atoms with van der Waals surface area (Å²) in [5, 5.41) is 0. The summed E-state index contributed by atoms with van der Waals surface area (Å²) in [7, 11) is 0. The van der Waals surface area contributed by atoms with Gasteiger partial charge < -0.3 is 9.47 Å². The van der Waals surface area contributed by atoms with Gasteiger partial charge in [0.25, 0.3) is 0 Å². The number of hydrogen-bond donors (Lipinski definition) is 0. The first-order valence-corrected chi connectivity index (χ1v) is 9.05. The van der Waals surface area contributed by atoms with Crippen molar-refractivity contribution >= 4 is 11.9 Å². The third-order valence-corrected chi connectivity index (χ3v) is 3.99. The molecule has 0 aliphatic heterocycles. The maximum absolute atomic E-state index is 12.3. The standard InChI is InChI=1S/C22H26O4/c1-17(2)9-8-15-25-21(23)19-12-6-7-13-20(19)22(24)26-16-14-18-10-4-3-5-11-18/h3-7,10-13,17H,8-9,14-16H2,1-2H3. The quantitative estimate of drug-likeness (QED) is 0.485. The van der Waals surface area contributed by atoms with Crippen LogP contribution in [-0.2, 0) is 15.9 Å². The Labute approximate surface area is 155 Å². The van der Waals surface area contributed by atoms with Crippen molar-refractivity contribution in [2.75, 3.05) is 13.2 Å². The summed E-state index contributed by atoms with van der Waals surface area (Å²) < 4.78 is 10.6. The average molecular weight is 354 g/mol. The summed E-state index contributed by atoms with van der Waals surface area (Å²) in [4.78, 5) is 24.6. The van der Waals surface area contributed by atoms with Crippen molar-refractivity contribution in [2.24, 2.45) is 5.92 Å². The highest BCUT2D eigenvalue weighted by molar-refractivity contribution is 6.03. The molecule has 0 atom stereocenters. The molecule has 0 bridgehead atoms. The molecule has 0 heterocycles. The zero-order chi connectivity index (χ0) is 18.8. The molecular formula is C22H26O4. The highest BCUT2D eigenvalue weighted by Crippen LogP contribution is 2.13. The first kappa shape index (κ1) is 19.7. The summed E-state index contributed by atoms with van der Waals surface area (Å²) >= 11 is 0. The minimum atomic E-state index is -0.504. The molecule has 0 fully saturated rings. The van der Waals surface area contributed by atoms with E-state index in [0.29, 0.717) is 18.9 Å². The van der Waals surface area contributed by atoms with Gasteiger partial charge in [0.2, 0.25) is 0 Å². The lowest BCUT2D eigenvalue weighted by Crippen LogP contribution is -2.15. The van der Waals surface area contributed by atoms with Crippen molar-refractivity contribution in [2.45, 2.75) is 33.1 Å². The van der Waals surface area contributed by atoms with Gasteiger partial charge in [-0.2, -0.15) is 0 Å². The van der Waals surface area contributed by atoms with Crippen molar-refractivity contribution in [3.63, 3.8) is 0 Å². The summed E-state index contributed by atoms with van der Waals surface area (Å²) in [5.41, 5.74) is 1.59. The molecule has 0 saturated heterocycles. The number of carbonyl (C=O) groups is 2. The van der Waals surface area contributed by atoms with Gasteiger partial charge in [-0.1, -0.05) is 56.3 Å². The lowest BCUT2D eigenvalue weighted by atomic mass is 10.1. The van der Waals surface area contributed by atoms with Crippen molar-refractivity contribution in [3.8, 4) is 0 Å². The second-order valence-electron chi connectivity index (χ2n) is 6.59. The van der Waals surface area contributed by atoms with Gasteiger partial charge in [-0.05, 0) is 36.5 Å². The summed E-state index contributed by atoms with van der Waals surface area (Å²) in [5.74, 6) is -0.416. The number of ether oxygens (including phenoxy) is 2. The molecule has 26 heavy (non-hydrogen) atoms. The Balaban J connectivity index is 1.90. The molecule has 0 aromatic heterocycles. The summed E-state index contributed by atoms with van der Waals surface area (Å²) in [6, 6.07) is 16.4. The van der Waals surface area contributed by atoms with Crippen LogP contribution in [0.4, 0.5) is 0 Å². The van der Waals surface area contributed by atoms with E-state index in [1.807, 2.05) is 30.3 Å². The number of hydrogen-bond acceptors (Lipinski definition) is 4. The van der Waals surface area contributed by atoms with Crippen molar-refractivity contribution in [1.82, 2.24) is 0 Å². The van der Waals surface area contributed by atoms with Crippen LogP contribution in [0.2, 0.25) is 0 Å². The van der Waals surface area contributed by atoms with Crippen LogP contribution in [0, 0.1) is 5.92 Å². The second-order valence-corrected chi connectivity index (χ2v) is 6.59. The van der Waals surface area contributed by atoms with Gasteiger partial charge in [0, 0.05) is 6.42 Å². The first-order chi connectivity index (χ1) is 12.6. The third kappa shape index (κ3) is 6.36. The molecule has 0 unspecified atom stereocenters. The normalized spacial score (nSPS) is 10.6. The fraction of sp³-hybridized carbons (Fsp3) is 0.364. The summed E-state index contributed by atoms with van der Waals surface area (Å²) in [6.45, 7) is 4.88. The van der Waals surface area contributed by atoms with E-state index in [9.17, 15) is 9.59 Å². The first-order valence-electron chi connectivity index (χ1n) is 9.05. The molecule has 4 heteroatoms. The van der Waals surface area contributed by atoms with Gasteiger partial charge in [-0.25, -0.2) is 9.59 Å². The van der Waals surface area contributed by atoms with E-state index in [0.717, 1.165) is 18.4 Å². The number of rotatable bonds is 9. The Morgan fingerprint density at radius 2 is 1.35 bits per heavy atom. The number of esters is 2. The third-order valence-electron chi connectivity index (χ3n) is 3.99. The van der Waals surface area contributed by atoms with Crippen LogP contribution < -0.4 is 0 Å². The van der Waals surface area contributed by atoms with E-state index in [1.165, 1.54) is 0 Å². The van der Waals surface area contributed by atoms with Gasteiger partial charge in [-0.15, -0.1) is 0 Å². The van der Waals surface area contributed by atoms with Gasteiger partial charge in [-0.3, -0.25) is 0 Å². The van der Waals surface area contributed by atoms with Crippen LogP contribution in [0.5, 0.6) is 0 Å². The SMILES string of the molecule is CC(C)CCCOC(=O)c1ccccc1C(=O)OCCc1ccccc1. The van der Waals surface area contributed by atoms with E-state index in [1.54, 1.807) is 24.3 Å². The smallest absolute Gasteiger partial charge is 0.339 e. The van der Waals surface area contributed by atoms with Crippen molar-refractivity contribution in [1.29, 1.82) is 0 Å². The fourth-order valence-corrected chi connectivity index (χ4v) is 2.56. The lowest BCUT2D eigenvalue weighted by Gasteiger charge is -2.10. The molecule has 0 spiro atoms. The molecule has 4 nitrogen and oxygen atoms in total. The molecule has 0 saturated carbocycles. The lowest BCUT2D eigenvalue weighted by molar-refractivity contribution is 0.0454. The Kier molecular flexibility index (Phi) is 7.87. The van der Waals surface area contributed by atoms with Crippen LogP contribution in [0.1, 0.15) is 53.0 Å². The van der Waals surface area contributed by atoms with Crippen LogP contribution in [-0.4, -0.2) is 25.2 Å².